The summed E-state index contributed by atoms with van der Waals surface area (Å²) in [5, 5.41) is 4.03. The molecule has 1 amide bonds. The van der Waals surface area contributed by atoms with Crippen molar-refractivity contribution in [2.45, 2.75) is 31.4 Å². The largest absolute Gasteiger partial charge is 0.497 e. The van der Waals surface area contributed by atoms with Crippen LogP contribution in [0.4, 0.5) is 16.2 Å². The van der Waals surface area contributed by atoms with E-state index in [-0.39, 0.29) is 12.1 Å². The molecule has 6 rings (SSSR count). The summed E-state index contributed by atoms with van der Waals surface area (Å²) in [5.74, 6) is 1.92. The number of hydrogen-bond acceptors (Lipinski definition) is 6. The Hall–Kier alpha value is -3.98. The highest BCUT2D eigenvalue weighted by molar-refractivity contribution is 7.80. The maximum atomic E-state index is 13.0. The second-order valence-corrected chi connectivity index (χ2v) is 11.1. The highest BCUT2D eigenvalue weighted by atomic mass is 32.1. The van der Waals surface area contributed by atoms with Crippen LogP contribution in [0, 0.1) is 0 Å². The fourth-order valence-electron chi connectivity index (χ4n) is 6.24. The van der Waals surface area contributed by atoms with Gasteiger partial charge in [0.05, 0.1) is 25.9 Å². The van der Waals surface area contributed by atoms with E-state index in [0.29, 0.717) is 23.4 Å². The van der Waals surface area contributed by atoms with Crippen LogP contribution in [0.25, 0.3) is 0 Å². The van der Waals surface area contributed by atoms with E-state index in [4.69, 9.17) is 26.4 Å². The van der Waals surface area contributed by atoms with Gasteiger partial charge < -0.3 is 34.2 Å². The predicted molar refractivity (Wildman–Crippen MR) is 164 cm³/mol. The number of rotatable bonds is 6. The summed E-state index contributed by atoms with van der Waals surface area (Å²) < 4.78 is 16.5. The average molecular weight is 573 g/mol. The molecule has 2 saturated heterocycles. The molecular weight excluding hydrogens is 536 g/mol. The summed E-state index contributed by atoms with van der Waals surface area (Å²) in [6, 6.07) is 22.4. The van der Waals surface area contributed by atoms with Crippen LogP contribution in [-0.4, -0.2) is 67.9 Å². The third kappa shape index (κ3) is 5.63. The first kappa shape index (κ1) is 27.2. The minimum atomic E-state index is -0.220. The van der Waals surface area contributed by atoms with Gasteiger partial charge in [-0.05, 0) is 71.9 Å². The number of carbonyl (C=O) groups excluding carboxylic acids is 1. The molecule has 8 nitrogen and oxygen atoms in total. The summed E-state index contributed by atoms with van der Waals surface area (Å²) in [5.41, 5.74) is 5.72. The number of piperidine rings is 1. The Morgan fingerprint density at radius 1 is 0.927 bits per heavy atom. The van der Waals surface area contributed by atoms with Gasteiger partial charge >= 0.3 is 6.09 Å². The number of thiocarbonyl (C=S) groups is 1. The Morgan fingerprint density at radius 2 is 1.73 bits per heavy atom. The fourth-order valence-corrected chi connectivity index (χ4v) is 6.54. The van der Waals surface area contributed by atoms with Crippen LogP contribution < -0.4 is 19.7 Å². The maximum Gasteiger partial charge on any atom is 0.410 e. The molecule has 1 N–H and O–H groups in total. The fraction of sp³-hybridized carbons (Fsp3) is 0.375. The number of ether oxygens (including phenoxy) is 3. The number of anilines is 2. The molecule has 0 radical (unpaired) electrons. The number of methoxy groups -OCH3 is 2. The molecule has 3 aliphatic rings. The lowest BCUT2D eigenvalue weighted by Gasteiger charge is -2.37. The molecule has 2 atom stereocenters. The number of benzene rings is 3. The zero-order valence-electron chi connectivity index (χ0n) is 23.5. The van der Waals surface area contributed by atoms with Gasteiger partial charge in [-0.2, -0.15) is 0 Å². The minimum absolute atomic E-state index is 0.0938. The Labute approximate surface area is 246 Å². The van der Waals surface area contributed by atoms with E-state index in [2.05, 4.69) is 33.3 Å². The molecule has 2 aliphatic heterocycles. The number of hydrogen-bond donors (Lipinski definition) is 1. The lowest BCUT2D eigenvalue weighted by atomic mass is 9.95. The van der Waals surface area contributed by atoms with Crippen LogP contribution in [0.2, 0.25) is 0 Å². The van der Waals surface area contributed by atoms with E-state index >= 15 is 0 Å². The molecule has 1 unspecified atom stereocenters. The quantitative estimate of drug-likeness (QED) is 0.372. The standard InChI is InChI=1S/C32H36N4O4S/c1-38-25-9-11-28(30(20-25)39-2)33-31(41)35-16-14-34(15-17-35)24-8-10-26-27(19-24)23-12-13-36(29(26)18-23)32(37)40-21-22-6-4-3-5-7-22/h3-11,19-20,23,29H,12-18,21H2,1-2H3,(H,33,41)/t23-,29?/m1/s1. The van der Waals surface area contributed by atoms with Crippen LogP contribution in [-0.2, 0) is 11.3 Å². The van der Waals surface area contributed by atoms with Gasteiger partial charge in [0.15, 0.2) is 5.11 Å². The summed E-state index contributed by atoms with van der Waals surface area (Å²) in [6.07, 6.45) is 1.72. The molecule has 214 valence electrons. The second kappa shape index (κ2) is 11.9. The molecule has 2 bridgehead atoms. The first-order valence-electron chi connectivity index (χ1n) is 14.2. The van der Waals surface area contributed by atoms with Gasteiger partial charge in [0.25, 0.3) is 0 Å². The molecule has 2 heterocycles. The molecule has 0 saturated carbocycles. The number of nitrogens with zero attached hydrogens (tertiary/aromatic N) is 3. The number of fused-ring (bicyclic) bond motifs is 5. The van der Waals surface area contributed by atoms with Gasteiger partial charge in [-0.1, -0.05) is 36.4 Å². The Balaban J connectivity index is 1.06. The molecule has 3 aromatic carbocycles. The van der Waals surface area contributed by atoms with Crippen molar-refractivity contribution in [1.29, 1.82) is 0 Å². The van der Waals surface area contributed by atoms with Crippen molar-refractivity contribution >= 4 is 34.8 Å². The topological polar surface area (TPSA) is 66.5 Å². The van der Waals surface area contributed by atoms with E-state index in [0.717, 1.165) is 62.6 Å². The summed E-state index contributed by atoms with van der Waals surface area (Å²) >= 11 is 5.74. The molecule has 3 aromatic rings. The Morgan fingerprint density at radius 3 is 2.49 bits per heavy atom. The molecule has 0 spiro atoms. The van der Waals surface area contributed by atoms with E-state index in [1.165, 1.54) is 16.8 Å². The first-order valence-corrected chi connectivity index (χ1v) is 14.6. The van der Waals surface area contributed by atoms with Crippen molar-refractivity contribution in [1.82, 2.24) is 9.80 Å². The zero-order chi connectivity index (χ0) is 28.3. The number of amides is 1. The van der Waals surface area contributed by atoms with Crippen molar-refractivity contribution in [3.8, 4) is 11.5 Å². The molecule has 9 heteroatoms. The summed E-state index contributed by atoms with van der Waals surface area (Å²) in [7, 11) is 3.28. The van der Waals surface area contributed by atoms with Crippen LogP contribution >= 0.6 is 12.2 Å². The third-order valence-corrected chi connectivity index (χ3v) is 8.85. The zero-order valence-corrected chi connectivity index (χ0v) is 24.4. The average Bonchev–Trinajstić information content (AvgIpc) is 3.31. The SMILES string of the molecule is COc1ccc(NC(=S)N2CCN(c3ccc4c(c3)[C@@H]3CCN(C(=O)OCc5ccccc5)C4C3)CC2)c(OC)c1. The summed E-state index contributed by atoms with van der Waals surface area (Å²) in [4.78, 5) is 19.6. The van der Waals surface area contributed by atoms with Gasteiger partial charge in [0.2, 0.25) is 0 Å². The van der Waals surface area contributed by atoms with Crippen molar-refractivity contribution in [2.75, 3.05) is 57.2 Å². The lowest BCUT2D eigenvalue weighted by molar-refractivity contribution is 0.0694. The maximum absolute atomic E-state index is 13.0. The predicted octanol–water partition coefficient (Wildman–Crippen LogP) is 5.79. The van der Waals surface area contributed by atoms with Crippen LogP contribution in [0.3, 0.4) is 0 Å². The van der Waals surface area contributed by atoms with Gasteiger partial charge in [-0.3, -0.25) is 0 Å². The van der Waals surface area contributed by atoms with Gasteiger partial charge in [-0.15, -0.1) is 0 Å². The number of carbonyl (C=O) groups is 1. The van der Waals surface area contributed by atoms with Crippen molar-refractivity contribution in [3.05, 3.63) is 83.4 Å². The highest BCUT2D eigenvalue weighted by Gasteiger charge is 2.41. The van der Waals surface area contributed by atoms with Crippen molar-refractivity contribution in [3.63, 3.8) is 0 Å². The van der Waals surface area contributed by atoms with Crippen molar-refractivity contribution < 1.29 is 19.0 Å². The first-order chi connectivity index (χ1) is 20.0. The highest BCUT2D eigenvalue weighted by Crippen LogP contribution is 2.50. The van der Waals surface area contributed by atoms with Crippen LogP contribution in [0.5, 0.6) is 11.5 Å². The normalized spacial score (nSPS) is 19.4. The van der Waals surface area contributed by atoms with E-state index < -0.39 is 0 Å². The molecule has 0 aromatic heterocycles. The van der Waals surface area contributed by atoms with Crippen molar-refractivity contribution in [2.24, 2.45) is 0 Å². The van der Waals surface area contributed by atoms with Gasteiger partial charge in [-0.25, -0.2) is 4.79 Å². The lowest BCUT2D eigenvalue weighted by Crippen LogP contribution is -2.50. The second-order valence-electron chi connectivity index (χ2n) is 10.8. The molecule has 2 fully saturated rings. The molecular formula is C32H36N4O4S. The van der Waals surface area contributed by atoms with Crippen LogP contribution in [0.15, 0.2) is 66.7 Å². The molecule has 41 heavy (non-hydrogen) atoms. The van der Waals surface area contributed by atoms with Gasteiger partial charge in [0, 0.05) is 44.5 Å². The molecule has 1 aliphatic carbocycles. The smallest absolute Gasteiger partial charge is 0.410 e. The summed E-state index contributed by atoms with van der Waals surface area (Å²) in [6.45, 7) is 4.45. The Kier molecular flexibility index (Phi) is 7.87. The van der Waals surface area contributed by atoms with Gasteiger partial charge in [0.1, 0.15) is 18.1 Å². The number of piperazine rings is 1. The van der Waals surface area contributed by atoms with Crippen LogP contribution in [0.1, 0.15) is 41.5 Å². The monoisotopic (exact) mass is 572 g/mol. The van der Waals surface area contributed by atoms with E-state index in [9.17, 15) is 4.79 Å². The minimum Gasteiger partial charge on any atom is -0.497 e. The number of likely N-dealkylation sites (tertiary alicyclic amines) is 1. The van der Waals surface area contributed by atoms with E-state index in [1.807, 2.05) is 53.4 Å². The van der Waals surface area contributed by atoms with E-state index in [1.54, 1.807) is 14.2 Å². The Bertz CT molecular complexity index is 1410. The third-order valence-electron chi connectivity index (χ3n) is 8.49. The number of nitrogens with one attached hydrogen (secondary N) is 1.